The van der Waals surface area contributed by atoms with Crippen LogP contribution in [0.2, 0.25) is 0 Å². The van der Waals surface area contributed by atoms with Crippen LogP contribution in [0.3, 0.4) is 0 Å². The van der Waals surface area contributed by atoms with Crippen molar-refractivity contribution in [2.24, 2.45) is 5.92 Å². The largest absolute Gasteiger partial charge is 0.463 e. The smallest absolute Gasteiger partial charge is 0.408 e. The quantitative estimate of drug-likeness (QED) is 0.0336. The van der Waals surface area contributed by atoms with Gasteiger partial charge in [0.15, 0.2) is 0 Å². The maximum absolute atomic E-state index is 14.3. The first-order valence-corrected chi connectivity index (χ1v) is 21.1. The van der Waals surface area contributed by atoms with E-state index in [0.717, 1.165) is 22.3 Å². The number of hydrogen-bond acceptors (Lipinski definition) is 7. The Balaban J connectivity index is 1.39. The van der Waals surface area contributed by atoms with Crippen LogP contribution in [0.25, 0.3) is 0 Å². The lowest BCUT2D eigenvalue weighted by molar-refractivity contribution is -0.137. The summed E-state index contributed by atoms with van der Waals surface area (Å²) < 4.78 is 24.5. The van der Waals surface area contributed by atoms with E-state index in [0.29, 0.717) is 5.56 Å². The second kappa shape index (κ2) is 23.8. The van der Waals surface area contributed by atoms with E-state index < -0.39 is 53.4 Å². The Morgan fingerprint density at radius 3 is 1.68 bits per heavy atom. The van der Waals surface area contributed by atoms with E-state index in [2.05, 4.69) is 21.3 Å². The molecule has 328 valence electrons. The van der Waals surface area contributed by atoms with Crippen molar-refractivity contribution in [3.63, 3.8) is 0 Å². The van der Waals surface area contributed by atoms with Gasteiger partial charge in [-0.15, -0.1) is 0 Å². The van der Waals surface area contributed by atoms with Gasteiger partial charge in [0.2, 0.25) is 17.7 Å². The van der Waals surface area contributed by atoms with E-state index in [1.807, 2.05) is 123 Å². The van der Waals surface area contributed by atoms with Crippen molar-refractivity contribution in [2.45, 2.75) is 76.7 Å². The summed E-state index contributed by atoms with van der Waals surface area (Å²) in [5.74, 6) is -2.78. The summed E-state index contributed by atoms with van der Waals surface area (Å²) in [7, 11) is 0. The van der Waals surface area contributed by atoms with Crippen molar-refractivity contribution in [2.75, 3.05) is 6.61 Å². The molecule has 0 radical (unpaired) electrons. The molecule has 5 aromatic rings. The van der Waals surface area contributed by atoms with Crippen LogP contribution in [0.4, 0.5) is 9.18 Å². The minimum absolute atomic E-state index is 0.0111. The van der Waals surface area contributed by atoms with Crippen molar-refractivity contribution in [3.05, 3.63) is 191 Å². The monoisotopic (exact) mass is 854 g/mol. The number of nitrogens with one attached hydrogen (secondary N) is 4. The van der Waals surface area contributed by atoms with Gasteiger partial charge in [0.25, 0.3) is 0 Å². The molecule has 0 aliphatic heterocycles. The molecule has 0 aromatic heterocycles. The molecule has 63 heavy (non-hydrogen) atoms. The van der Waals surface area contributed by atoms with Crippen LogP contribution < -0.4 is 21.3 Å². The molecule has 0 unspecified atom stereocenters. The number of ether oxygens (including phenoxy) is 2. The highest BCUT2D eigenvalue weighted by Gasteiger charge is 2.38. The third-order valence-corrected chi connectivity index (χ3v) is 10.2. The Hall–Kier alpha value is -7.08. The van der Waals surface area contributed by atoms with Crippen molar-refractivity contribution < 1.29 is 37.8 Å². The van der Waals surface area contributed by atoms with Crippen LogP contribution in [0.5, 0.6) is 0 Å². The number of hydrogen-bond donors (Lipinski definition) is 4. The first-order chi connectivity index (χ1) is 30.5. The number of rotatable bonds is 21. The summed E-state index contributed by atoms with van der Waals surface area (Å²) in [5, 5.41) is 11.7. The zero-order valence-corrected chi connectivity index (χ0v) is 35.8. The van der Waals surface area contributed by atoms with Gasteiger partial charge in [0, 0.05) is 25.0 Å². The van der Waals surface area contributed by atoms with Crippen LogP contribution in [0.15, 0.2) is 158 Å². The van der Waals surface area contributed by atoms with Gasteiger partial charge in [-0.25, -0.2) is 14.0 Å². The summed E-state index contributed by atoms with van der Waals surface area (Å²) in [6.07, 6.45) is 1.96. The second-order valence-electron chi connectivity index (χ2n) is 15.4. The predicted octanol–water partition coefficient (Wildman–Crippen LogP) is 7.69. The van der Waals surface area contributed by atoms with Crippen molar-refractivity contribution in [1.29, 1.82) is 0 Å². The molecule has 5 rings (SSSR count). The Morgan fingerprint density at radius 2 is 1.16 bits per heavy atom. The normalized spacial score (nSPS) is 12.7. The van der Waals surface area contributed by atoms with E-state index in [1.165, 1.54) is 36.4 Å². The Bertz CT molecular complexity index is 2160. The Morgan fingerprint density at radius 1 is 0.635 bits per heavy atom. The van der Waals surface area contributed by atoms with Gasteiger partial charge in [-0.05, 0) is 65.6 Å². The van der Waals surface area contributed by atoms with Crippen molar-refractivity contribution >= 4 is 29.8 Å². The molecule has 0 fully saturated rings. The first kappa shape index (κ1) is 47.0. The molecule has 5 aromatic carbocycles. The number of carbonyl (C=O) groups excluding carboxylic acids is 5. The third-order valence-electron chi connectivity index (χ3n) is 10.2. The van der Waals surface area contributed by atoms with Crippen LogP contribution in [0.1, 0.15) is 67.9 Å². The van der Waals surface area contributed by atoms with Gasteiger partial charge in [-0.3, -0.25) is 14.4 Å². The van der Waals surface area contributed by atoms with Gasteiger partial charge in [-0.1, -0.05) is 153 Å². The molecule has 0 spiro atoms. The van der Waals surface area contributed by atoms with E-state index in [4.69, 9.17) is 9.47 Å². The highest BCUT2D eigenvalue weighted by atomic mass is 19.1. The maximum atomic E-state index is 14.3. The molecular formula is C51H55FN4O7. The molecule has 0 aliphatic carbocycles. The minimum Gasteiger partial charge on any atom is -0.463 e. The van der Waals surface area contributed by atoms with Crippen molar-refractivity contribution in [1.82, 2.24) is 21.3 Å². The van der Waals surface area contributed by atoms with E-state index in [9.17, 15) is 28.4 Å². The van der Waals surface area contributed by atoms with Crippen molar-refractivity contribution in [3.8, 4) is 0 Å². The summed E-state index contributed by atoms with van der Waals surface area (Å²) in [6, 6.07) is 40.3. The summed E-state index contributed by atoms with van der Waals surface area (Å²) in [4.78, 5) is 68.0. The number of amides is 4. The minimum atomic E-state index is -1.23. The Labute approximate surface area is 368 Å². The van der Waals surface area contributed by atoms with Gasteiger partial charge in [0.05, 0.1) is 6.61 Å². The molecule has 4 amide bonds. The standard InChI is InChI=1S/C51H55FN4O7/c1-4-62-47(58)32-30-43(29-31-46(57)56-51(39-19-11-6-12-20-39,40-21-13-7-14-22-40)41-23-15-8-16-24-41)53-48(59)45(34-37-25-27-42(52)28-26-37)54-49(60)44(33-36(2)3)55-50(61)63-35-38-17-9-5-10-18-38/h5-28,30,32,36,43-45H,4,29,31,33-35H2,1-3H3,(H,53,59)(H,54,60)(H,55,61)(H,56,57)/b32-30+/t43-,44-,45-/m0/s1. The average Bonchev–Trinajstić information content (AvgIpc) is 3.29. The molecule has 3 atom stereocenters. The maximum Gasteiger partial charge on any atom is 0.408 e. The fourth-order valence-corrected chi connectivity index (χ4v) is 7.17. The molecule has 12 heteroatoms. The highest BCUT2D eigenvalue weighted by molar-refractivity contribution is 5.92. The molecule has 0 heterocycles. The average molecular weight is 855 g/mol. The summed E-state index contributed by atoms with van der Waals surface area (Å²) >= 11 is 0. The van der Waals surface area contributed by atoms with E-state index in [1.54, 1.807) is 19.1 Å². The predicted molar refractivity (Wildman–Crippen MR) is 239 cm³/mol. The van der Waals surface area contributed by atoms with Gasteiger partial charge < -0.3 is 30.7 Å². The van der Waals surface area contributed by atoms with E-state index in [-0.39, 0.29) is 50.7 Å². The molecule has 0 saturated heterocycles. The van der Waals surface area contributed by atoms with Crippen LogP contribution >= 0.6 is 0 Å². The van der Waals surface area contributed by atoms with Gasteiger partial charge in [-0.2, -0.15) is 0 Å². The lowest BCUT2D eigenvalue weighted by atomic mass is 9.77. The lowest BCUT2D eigenvalue weighted by Gasteiger charge is -2.37. The molecule has 0 bridgehead atoms. The highest BCUT2D eigenvalue weighted by Crippen LogP contribution is 2.37. The summed E-state index contributed by atoms with van der Waals surface area (Å²) in [5.41, 5.74) is 2.72. The van der Waals surface area contributed by atoms with Crippen LogP contribution in [0, 0.1) is 11.7 Å². The van der Waals surface area contributed by atoms with Gasteiger partial charge >= 0.3 is 12.1 Å². The molecular weight excluding hydrogens is 800 g/mol. The van der Waals surface area contributed by atoms with Crippen LogP contribution in [-0.2, 0) is 47.2 Å². The first-order valence-electron chi connectivity index (χ1n) is 21.1. The number of halogens is 1. The summed E-state index contributed by atoms with van der Waals surface area (Å²) in [6.45, 7) is 5.56. The second-order valence-corrected chi connectivity index (χ2v) is 15.4. The number of carbonyl (C=O) groups is 5. The van der Waals surface area contributed by atoms with Gasteiger partial charge in [0.1, 0.15) is 30.0 Å². The zero-order valence-electron chi connectivity index (χ0n) is 35.8. The SMILES string of the molecule is CCOC(=O)/C=C/[C@H](CCC(=O)NC(c1ccccc1)(c1ccccc1)c1ccccc1)NC(=O)[C@H](Cc1ccc(F)cc1)NC(=O)[C@H](CC(C)C)NC(=O)OCc1ccccc1. The fraction of sp³-hybridized carbons (Fsp3) is 0.275. The molecule has 0 saturated carbocycles. The number of alkyl carbamates (subject to hydrolysis) is 1. The zero-order chi connectivity index (χ0) is 45.0. The Kier molecular flexibility index (Phi) is 17.7. The molecule has 11 nitrogen and oxygen atoms in total. The molecule has 0 aliphatic rings. The topological polar surface area (TPSA) is 152 Å². The number of esters is 1. The van der Waals surface area contributed by atoms with Crippen LogP contribution in [-0.4, -0.2) is 54.5 Å². The lowest BCUT2D eigenvalue weighted by Crippen LogP contribution is -2.55. The number of benzene rings is 5. The van der Waals surface area contributed by atoms with E-state index >= 15 is 0 Å². The third kappa shape index (κ3) is 14.2. The fourth-order valence-electron chi connectivity index (χ4n) is 7.17. The molecule has 4 N–H and O–H groups in total.